The number of nitrogens with zero attached hydrogens (tertiary/aromatic N) is 2. The first-order valence-corrected chi connectivity index (χ1v) is 4.77. The predicted octanol–water partition coefficient (Wildman–Crippen LogP) is 2.86. The van der Waals surface area contributed by atoms with Gasteiger partial charge in [0.1, 0.15) is 16.0 Å². The zero-order chi connectivity index (χ0) is 11.4. The zero-order valence-electron chi connectivity index (χ0n) is 7.80. The van der Waals surface area contributed by atoms with Gasteiger partial charge in [0.25, 0.3) is 6.43 Å². The third-order valence-corrected chi connectivity index (χ3v) is 2.17. The lowest BCUT2D eigenvalue weighted by molar-refractivity contribution is 0.144. The third-order valence-electron chi connectivity index (χ3n) is 1.77. The van der Waals surface area contributed by atoms with E-state index in [-0.39, 0.29) is 22.3 Å². The summed E-state index contributed by atoms with van der Waals surface area (Å²) in [6.45, 7) is 0. The van der Waals surface area contributed by atoms with Crippen molar-refractivity contribution in [3.8, 4) is 11.8 Å². The van der Waals surface area contributed by atoms with Gasteiger partial charge in [-0.2, -0.15) is 5.26 Å². The second kappa shape index (κ2) is 5.03. The average molecular weight is 277 g/mol. The molecule has 1 rings (SSSR count). The molecule has 15 heavy (non-hydrogen) atoms. The Morgan fingerprint density at radius 3 is 2.80 bits per heavy atom. The van der Waals surface area contributed by atoms with Crippen molar-refractivity contribution in [2.24, 2.45) is 0 Å². The van der Waals surface area contributed by atoms with Gasteiger partial charge in [-0.3, -0.25) is 0 Å². The minimum Gasteiger partial charge on any atom is -0.496 e. The quantitative estimate of drug-likeness (QED) is 0.798. The lowest BCUT2D eigenvalue weighted by Crippen LogP contribution is -2.02. The minimum absolute atomic E-state index is 0.137. The molecule has 80 valence electrons. The Hall–Kier alpha value is -1.22. The molecule has 0 aromatic carbocycles. The van der Waals surface area contributed by atoms with Gasteiger partial charge in [-0.05, 0) is 15.9 Å². The fourth-order valence-electron chi connectivity index (χ4n) is 1.16. The van der Waals surface area contributed by atoms with Crippen molar-refractivity contribution >= 4 is 15.9 Å². The van der Waals surface area contributed by atoms with Crippen molar-refractivity contribution in [1.29, 1.82) is 5.26 Å². The van der Waals surface area contributed by atoms with Crippen LogP contribution < -0.4 is 4.74 Å². The molecule has 0 aliphatic heterocycles. The first-order valence-electron chi connectivity index (χ1n) is 3.98. The lowest BCUT2D eigenvalue weighted by Gasteiger charge is -2.10. The Morgan fingerprint density at radius 2 is 2.33 bits per heavy atom. The molecule has 1 aromatic rings. The zero-order valence-corrected chi connectivity index (χ0v) is 9.38. The Morgan fingerprint density at radius 1 is 1.67 bits per heavy atom. The molecule has 0 atom stereocenters. The van der Waals surface area contributed by atoms with Crippen LogP contribution in [0.2, 0.25) is 0 Å². The van der Waals surface area contributed by atoms with E-state index in [4.69, 9.17) is 10.00 Å². The number of ether oxygens (including phenoxy) is 1. The third kappa shape index (κ3) is 2.63. The van der Waals surface area contributed by atoms with E-state index in [2.05, 4.69) is 20.9 Å². The molecule has 0 amide bonds. The molecule has 0 radical (unpaired) electrons. The van der Waals surface area contributed by atoms with Crippen LogP contribution >= 0.6 is 15.9 Å². The molecule has 0 aliphatic rings. The van der Waals surface area contributed by atoms with Crippen molar-refractivity contribution in [3.63, 3.8) is 0 Å². The monoisotopic (exact) mass is 276 g/mol. The molecular weight excluding hydrogens is 270 g/mol. The molecule has 3 nitrogen and oxygen atoms in total. The van der Waals surface area contributed by atoms with Crippen LogP contribution in [0, 0.1) is 11.3 Å². The van der Waals surface area contributed by atoms with Gasteiger partial charge in [-0.1, -0.05) is 0 Å². The molecule has 0 fully saturated rings. The number of nitriles is 1. The Labute approximate surface area is 93.8 Å². The highest BCUT2D eigenvalue weighted by atomic mass is 79.9. The van der Waals surface area contributed by atoms with E-state index in [0.717, 1.165) is 0 Å². The van der Waals surface area contributed by atoms with E-state index in [1.165, 1.54) is 13.2 Å². The fraction of sp³-hybridized carbons (Fsp3) is 0.333. The van der Waals surface area contributed by atoms with Crippen molar-refractivity contribution in [2.75, 3.05) is 7.11 Å². The van der Waals surface area contributed by atoms with Gasteiger partial charge in [0.15, 0.2) is 0 Å². The predicted molar refractivity (Wildman–Crippen MR) is 52.8 cm³/mol. The maximum Gasteiger partial charge on any atom is 0.280 e. The summed E-state index contributed by atoms with van der Waals surface area (Å²) in [4.78, 5) is 3.64. The van der Waals surface area contributed by atoms with Crippen molar-refractivity contribution in [1.82, 2.24) is 4.98 Å². The van der Waals surface area contributed by atoms with Gasteiger partial charge in [0, 0.05) is 11.6 Å². The normalized spacial score (nSPS) is 10.1. The smallest absolute Gasteiger partial charge is 0.280 e. The number of rotatable bonds is 3. The van der Waals surface area contributed by atoms with Crippen LogP contribution in [0.1, 0.15) is 17.7 Å². The first-order chi connectivity index (χ1) is 7.10. The van der Waals surface area contributed by atoms with Crippen LogP contribution in [0.3, 0.4) is 0 Å². The molecule has 0 saturated carbocycles. The van der Waals surface area contributed by atoms with Gasteiger partial charge in [0.05, 0.1) is 19.6 Å². The number of halogens is 3. The van der Waals surface area contributed by atoms with Crippen LogP contribution in [0.25, 0.3) is 0 Å². The summed E-state index contributed by atoms with van der Waals surface area (Å²) < 4.78 is 30.4. The second-order valence-electron chi connectivity index (χ2n) is 2.65. The largest absolute Gasteiger partial charge is 0.496 e. The molecule has 0 bridgehead atoms. The van der Waals surface area contributed by atoms with Crippen molar-refractivity contribution in [2.45, 2.75) is 12.8 Å². The molecule has 6 heteroatoms. The van der Waals surface area contributed by atoms with Crippen LogP contribution in [0.5, 0.6) is 5.75 Å². The molecule has 0 aliphatic carbocycles. The van der Waals surface area contributed by atoms with Gasteiger partial charge >= 0.3 is 0 Å². The maximum atomic E-state index is 12.6. The summed E-state index contributed by atoms with van der Waals surface area (Å²) in [6, 6.07) is 3.26. The number of hydrogen-bond acceptors (Lipinski definition) is 3. The van der Waals surface area contributed by atoms with Gasteiger partial charge in [-0.25, -0.2) is 13.8 Å². The average Bonchev–Trinajstić information content (AvgIpc) is 2.19. The first kappa shape index (κ1) is 11.9. The minimum atomic E-state index is -2.72. The van der Waals surface area contributed by atoms with Gasteiger partial charge in [0.2, 0.25) is 0 Å². The van der Waals surface area contributed by atoms with Crippen LogP contribution in [0.4, 0.5) is 8.78 Å². The number of pyridine rings is 1. The lowest BCUT2D eigenvalue weighted by atomic mass is 10.1. The Kier molecular flexibility index (Phi) is 3.97. The topological polar surface area (TPSA) is 45.9 Å². The van der Waals surface area contributed by atoms with Crippen LogP contribution in [-0.4, -0.2) is 12.1 Å². The number of aromatic nitrogens is 1. The molecule has 1 aromatic heterocycles. The molecular formula is C9H7BrF2N2O. The highest BCUT2D eigenvalue weighted by Crippen LogP contribution is 2.31. The van der Waals surface area contributed by atoms with Crippen LogP contribution in [-0.2, 0) is 6.42 Å². The number of alkyl halides is 2. The molecule has 0 N–H and O–H groups in total. The summed E-state index contributed by atoms with van der Waals surface area (Å²) in [5.41, 5.74) is -0.277. The fourth-order valence-corrected chi connectivity index (χ4v) is 1.55. The number of hydrogen-bond donors (Lipinski definition) is 0. The highest BCUT2D eigenvalue weighted by molar-refractivity contribution is 9.10. The SMILES string of the molecule is COc1cc(Br)nc(C(F)F)c1CC#N. The standard InChI is InChI=1S/C9H7BrF2N2O/c1-15-6-4-7(10)14-8(9(11)12)5(6)2-3-13/h4,9H,2H2,1H3. The van der Waals surface area contributed by atoms with E-state index < -0.39 is 12.1 Å². The summed E-state index contributed by atoms with van der Waals surface area (Å²) in [5.74, 6) is 0.244. The van der Waals surface area contributed by atoms with Crippen LogP contribution in [0.15, 0.2) is 10.7 Å². The van der Waals surface area contributed by atoms with Gasteiger partial charge < -0.3 is 4.74 Å². The molecule has 1 heterocycles. The van der Waals surface area contributed by atoms with E-state index in [0.29, 0.717) is 0 Å². The summed E-state index contributed by atoms with van der Waals surface area (Å²) in [6.07, 6.45) is -2.87. The summed E-state index contributed by atoms with van der Waals surface area (Å²) in [7, 11) is 1.36. The van der Waals surface area contributed by atoms with Crippen molar-refractivity contribution in [3.05, 3.63) is 21.9 Å². The number of methoxy groups -OCH3 is 1. The van der Waals surface area contributed by atoms with Crippen molar-refractivity contribution < 1.29 is 13.5 Å². The highest BCUT2D eigenvalue weighted by Gasteiger charge is 2.19. The molecule has 0 saturated heterocycles. The second-order valence-corrected chi connectivity index (χ2v) is 3.46. The Balaban J connectivity index is 3.34. The molecule has 0 unspecified atom stereocenters. The van der Waals surface area contributed by atoms with E-state index in [9.17, 15) is 8.78 Å². The van der Waals surface area contributed by atoms with E-state index in [1.54, 1.807) is 6.07 Å². The van der Waals surface area contributed by atoms with Gasteiger partial charge in [-0.15, -0.1) is 0 Å². The Bertz CT molecular complexity index is 404. The molecule has 0 spiro atoms. The maximum absolute atomic E-state index is 12.6. The summed E-state index contributed by atoms with van der Waals surface area (Å²) >= 11 is 3.00. The van der Waals surface area contributed by atoms with E-state index in [1.807, 2.05) is 0 Å². The van der Waals surface area contributed by atoms with E-state index >= 15 is 0 Å². The summed E-state index contributed by atoms with van der Waals surface area (Å²) in [5, 5.41) is 8.53.